The Morgan fingerprint density at radius 3 is 2.47 bits per heavy atom. The van der Waals surface area contributed by atoms with Crippen LogP contribution in [0.2, 0.25) is 0 Å². The summed E-state index contributed by atoms with van der Waals surface area (Å²) in [5, 5.41) is 6.30. The van der Waals surface area contributed by atoms with Gasteiger partial charge in [-0.05, 0) is 49.2 Å². The first-order valence-corrected chi connectivity index (χ1v) is 11.9. The number of amides is 2. The van der Waals surface area contributed by atoms with Crippen molar-refractivity contribution in [2.24, 2.45) is 5.92 Å². The normalized spacial score (nSPS) is 15.4. The summed E-state index contributed by atoms with van der Waals surface area (Å²) in [7, 11) is -3.56. The van der Waals surface area contributed by atoms with Crippen LogP contribution in [0.25, 0.3) is 10.9 Å². The predicted molar refractivity (Wildman–Crippen MR) is 121 cm³/mol. The minimum atomic E-state index is -3.56. The highest BCUT2D eigenvalue weighted by Gasteiger charge is 2.32. The van der Waals surface area contributed by atoms with Gasteiger partial charge in [-0.2, -0.15) is 4.31 Å². The van der Waals surface area contributed by atoms with Crippen molar-refractivity contribution in [3.63, 3.8) is 0 Å². The van der Waals surface area contributed by atoms with Crippen LogP contribution >= 0.6 is 0 Å². The number of nitrogens with zero attached hydrogens (tertiary/aromatic N) is 2. The number of piperidine rings is 1. The maximum Gasteiger partial charge on any atom is 0.243 e. The van der Waals surface area contributed by atoms with E-state index >= 15 is 0 Å². The molecule has 1 aromatic heterocycles. The molecule has 1 aliphatic rings. The van der Waals surface area contributed by atoms with Crippen molar-refractivity contribution >= 4 is 38.4 Å². The molecule has 0 saturated carbocycles. The Bertz CT molecular complexity index is 1220. The van der Waals surface area contributed by atoms with Crippen molar-refractivity contribution in [3.8, 4) is 0 Å². The third kappa shape index (κ3) is 4.79. The number of hydrogen-bond donors (Lipinski definition) is 2. The third-order valence-electron chi connectivity index (χ3n) is 5.55. The number of sulfonamides is 1. The van der Waals surface area contributed by atoms with Gasteiger partial charge in [-0.1, -0.05) is 24.3 Å². The van der Waals surface area contributed by atoms with Crippen molar-refractivity contribution in [1.29, 1.82) is 0 Å². The first kappa shape index (κ1) is 21.9. The molecule has 0 atom stereocenters. The zero-order chi connectivity index (χ0) is 22.6. The molecule has 0 bridgehead atoms. The lowest BCUT2D eigenvalue weighted by Crippen LogP contribution is -2.44. The zero-order valence-electron chi connectivity index (χ0n) is 17.4. The summed E-state index contributed by atoms with van der Waals surface area (Å²) in [6.07, 6.45) is 2.51. The summed E-state index contributed by atoms with van der Waals surface area (Å²) in [5.74, 6) is -0.901. The number of anilines is 1. The minimum absolute atomic E-state index is 0.155. The van der Waals surface area contributed by atoms with Crippen LogP contribution in [-0.2, 0) is 19.6 Å². The molecule has 32 heavy (non-hydrogen) atoms. The van der Waals surface area contributed by atoms with Gasteiger partial charge >= 0.3 is 0 Å². The van der Waals surface area contributed by atoms with Gasteiger partial charge < -0.3 is 10.6 Å². The number of carbonyl (C=O) groups is 2. The minimum Gasteiger partial charge on any atom is -0.347 e. The molecule has 9 heteroatoms. The van der Waals surface area contributed by atoms with Crippen LogP contribution in [0.15, 0.2) is 71.8 Å². The van der Waals surface area contributed by atoms with Crippen LogP contribution in [0.3, 0.4) is 0 Å². The zero-order valence-corrected chi connectivity index (χ0v) is 18.2. The highest BCUT2D eigenvalue weighted by atomic mass is 32.2. The molecule has 3 aromatic rings. The molecule has 8 nitrogen and oxygen atoms in total. The van der Waals surface area contributed by atoms with E-state index in [1.807, 2.05) is 12.1 Å². The second kappa shape index (κ2) is 9.46. The standard InChI is InChI=1S/C23H24N4O4S/c28-22(26-21-10-4-9-20-19(21)8-5-13-24-20)16-25-23(29)17-11-14-27(15-12-17)32(30,31)18-6-2-1-3-7-18/h1-10,13,17H,11-12,14-16H2,(H,25,29)(H,26,28). The van der Waals surface area contributed by atoms with Gasteiger partial charge in [0.25, 0.3) is 0 Å². The number of pyridine rings is 1. The van der Waals surface area contributed by atoms with Crippen LogP contribution in [-0.4, -0.2) is 49.2 Å². The highest BCUT2D eigenvalue weighted by Crippen LogP contribution is 2.24. The van der Waals surface area contributed by atoms with Crippen LogP contribution in [0.1, 0.15) is 12.8 Å². The fourth-order valence-corrected chi connectivity index (χ4v) is 5.31. The quantitative estimate of drug-likeness (QED) is 0.597. The van der Waals surface area contributed by atoms with E-state index < -0.39 is 10.0 Å². The number of rotatable bonds is 6. The number of carbonyl (C=O) groups excluding carboxylic acids is 2. The Morgan fingerprint density at radius 1 is 0.969 bits per heavy atom. The third-order valence-corrected chi connectivity index (χ3v) is 7.46. The molecule has 166 valence electrons. The van der Waals surface area contributed by atoms with Gasteiger partial charge in [0.15, 0.2) is 0 Å². The molecule has 1 saturated heterocycles. The number of hydrogen-bond acceptors (Lipinski definition) is 5. The van der Waals surface area contributed by atoms with Crippen LogP contribution < -0.4 is 10.6 Å². The second-order valence-corrected chi connectivity index (χ2v) is 9.57. The van der Waals surface area contributed by atoms with Crippen molar-refractivity contribution in [1.82, 2.24) is 14.6 Å². The molecule has 2 N–H and O–H groups in total. The van der Waals surface area contributed by atoms with Crippen molar-refractivity contribution < 1.29 is 18.0 Å². The monoisotopic (exact) mass is 452 g/mol. The average Bonchev–Trinajstić information content (AvgIpc) is 2.83. The first-order valence-electron chi connectivity index (χ1n) is 10.4. The smallest absolute Gasteiger partial charge is 0.243 e. The van der Waals surface area contributed by atoms with E-state index in [2.05, 4.69) is 15.6 Å². The van der Waals surface area contributed by atoms with E-state index in [-0.39, 0.29) is 42.3 Å². The topological polar surface area (TPSA) is 108 Å². The largest absolute Gasteiger partial charge is 0.347 e. The van der Waals surface area contributed by atoms with Crippen LogP contribution in [0, 0.1) is 5.92 Å². The van der Waals surface area contributed by atoms with Gasteiger partial charge in [-0.3, -0.25) is 14.6 Å². The lowest BCUT2D eigenvalue weighted by molar-refractivity contribution is -0.128. The van der Waals surface area contributed by atoms with Gasteiger partial charge in [0, 0.05) is 30.6 Å². The van der Waals surface area contributed by atoms with Crippen LogP contribution in [0.4, 0.5) is 5.69 Å². The van der Waals surface area contributed by atoms with Gasteiger partial charge in [-0.25, -0.2) is 8.42 Å². The van der Waals surface area contributed by atoms with Gasteiger partial charge in [0.1, 0.15) is 0 Å². The summed E-state index contributed by atoms with van der Waals surface area (Å²) < 4.78 is 26.8. The second-order valence-electron chi connectivity index (χ2n) is 7.63. The molecule has 0 unspecified atom stereocenters. The molecular formula is C23H24N4O4S. The predicted octanol–water partition coefficient (Wildman–Crippen LogP) is 2.39. The van der Waals surface area contributed by atoms with Gasteiger partial charge in [0.2, 0.25) is 21.8 Å². The molecule has 0 radical (unpaired) electrons. The summed E-state index contributed by atoms with van der Waals surface area (Å²) in [5.41, 5.74) is 1.40. The summed E-state index contributed by atoms with van der Waals surface area (Å²) >= 11 is 0. The van der Waals surface area contributed by atoms with Crippen molar-refractivity contribution in [2.45, 2.75) is 17.7 Å². The summed E-state index contributed by atoms with van der Waals surface area (Å²) in [4.78, 5) is 29.4. The molecule has 2 amide bonds. The number of aromatic nitrogens is 1. The molecule has 1 aliphatic heterocycles. The van der Waals surface area contributed by atoms with E-state index in [1.54, 1.807) is 54.7 Å². The summed E-state index contributed by atoms with van der Waals surface area (Å²) in [6, 6.07) is 17.4. The molecule has 2 aromatic carbocycles. The van der Waals surface area contributed by atoms with Crippen LogP contribution in [0.5, 0.6) is 0 Å². The summed E-state index contributed by atoms with van der Waals surface area (Å²) in [6.45, 7) is 0.382. The molecule has 2 heterocycles. The Hall–Kier alpha value is -3.30. The maximum atomic E-state index is 12.7. The molecular weight excluding hydrogens is 428 g/mol. The van der Waals surface area contributed by atoms with E-state index in [9.17, 15) is 18.0 Å². The van der Waals surface area contributed by atoms with E-state index in [0.29, 0.717) is 18.5 Å². The van der Waals surface area contributed by atoms with Gasteiger partial charge in [0.05, 0.1) is 22.6 Å². The fourth-order valence-electron chi connectivity index (χ4n) is 3.82. The highest BCUT2D eigenvalue weighted by molar-refractivity contribution is 7.89. The lowest BCUT2D eigenvalue weighted by atomic mass is 9.97. The van der Waals surface area contributed by atoms with Gasteiger partial charge in [-0.15, -0.1) is 0 Å². The lowest BCUT2D eigenvalue weighted by Gasteiger charge is -2.30. The number of nitrogens with one attached hydrogen (secondary N) is 2. The number of fused-ring (bicyclic) bond motifs is 1. The maximum absolute atomic E-state index is 12.7. The Morgan fingerprint density at radius 2 is 1.72 bits per heavy atom. The van der Waals surface area contributed by atoms with E-state index in [0.717, 1.165) is 10.9 Å². The molecule has 1 fully saturated rings. The Labute approximate surface area is 186 Å². The first-order chi connectivity index (χ1) is 15.4. The Kier molecular flexibility index (Phi) is 6.48. The van der Waals surface area contributed by atoms with E-state index in [1.165, 1.54) is 4.31 Å². The van der Waals surface area contributed by atoms with E-state index in [4.69, 9.17) is 0 Å². The van der Waals surface area contributed by atoms with Crippen molar-refractivity contribution in [3.05, 3.63) is 66.9 Å². The molecule has 0 spiro atoms. The molecule has 0 aliphatic carbocycles. The average molecular weight is 453 g/mol. The fraction of sp³-hybridized carbons (Fsp3) is 0.261. The molecule has 4 rings (SSSR count). The number of benzene rings is 2. The SMILES string of the molecule is O=C(CNC(=O)C1CCN(S(=O)(=O)c2ccccc2)CC1)Nc1cccc2ncccc12. The van der Waals surface area contributed by atoms with Crippen molar-refractivity contribution in [2.75, 3.05) is 25.0 Å². The Balaban J connectivity index is 1.28.